The molecule has 1 aromatic heterocycles. The lowest BCUT2D eigenvalue weighted by Gasteiger charge is -2.11. The molecule has 11 heteroatoms. The number of nitrogens with zero attached hydrogens (tertiary/aromatic N) is 3. The number of benzene rings is 1. The van der Waals surface area contributed by atoms with Gasteiger partial charge >= 0.3 is 0 Å². The van der Waals surface area contributed by atoms with E-state index in [-0.39, 0.29) is 39.3 Å². The smallest absolute Gasteiger partial charge is 0.279 e. The van der Waals surface area contributed by atoms with E-state index in [1.54, 1.807) is 0 Å². The van der Waals surface area contributed by atoms with Gasteiger partial charge in [0.1, 0.15) is 5.69 Å². The fourth-order valence-corrected chi connectivity index (χ4v) is 4.73. The summed E-state index contributed by atoms with van der Waals surface area (Å²) in [7, 11) is -3.35. The van der Waals surface area contributed by atoms with Crippen LogP contribution in [0.5, 0.6) is 0 Å². The number of anilines is 1. The van der Waals surface area contributed by atoms with E-state index in [0.29, 0.717) is 38.0 Å². The van der Waals surface area contributed by atoms with Crippen molar-refractivity contribution < 1.29 is 27.6 Å². The van der Waals surface area contributed by atoms with E-state index in [9.17, 15) is 18.0 Å². The average molecular weight is 458 g/mol. The number of hydrogen-bond donors (Lipinski definition) is 1. The van der Waals surface area contributed by atoms with Crippen LogP contribution in [0.3, 0.4) is 0 Å². The molecule has 10 nitrogen and oxygen atoms in total. The first-order valence-corrected chi connectivity index (χ1v) is 11.7. The summed E-state index contributed by atoms with van der Waals surface area (Å²) in [5.74, 6) is -0.734. The largest absolute Gasteiger partial charge is 0.389 e. The second-order valence-electron chi connectivity index (χ2n) is 7.60. The molecule has 1 amide bonds. The number of rotatable bonds is 8. The topological polar surface area (TPSA) is 137 Å². The van der Waals surface area contributed by atoms with Gasteiger partial charge in [-0.05, 0) is 25.0 Å². The fourth-order valence-electron chi connectivity index (χ4n) is 3.07. The molecule has 0 spiro atoms. The van der Waals surface area contributed by atoms with E-state index in [1.807, 2.05) is 0 Å². The minimum Gasteiger partial charge on any atom is -0.389 e. The zero-order chi connectivity index (χ0) is 22.7. The van der Waals surface area contributed by atoms with Crippen LogP contribution in [0.2, 0.25) is 0 Å². The lowest BCUT2D eigenvalue weighted by molar-refractivity contribution is -0.110. The molecular weight excluding hydrogens is 436 g/mol. The van der Waals surface area contributed by atoms with E-state index < -0.39 is 15.7 Å². The number of ether oxygens (including phenoxy) is 1. The van der Waals surface area contributed by atoms with Crippen molar-refractivity contribution in [3.63, 3.8) is 0 Å². The molecule has 2 aromatic rings. The van der Waals surface area contributed by atoms with Crippen LogP contribution in [-0.4, -0.2) is 60.4 Å². The summed E-state index contributed by atoms with van der Waals surface area (Å²) in [6.45, 7) is 2.28. The third kappa shape index (κ3) is 5.00. The maximum Gasteiger partial charge on any atom is 0.279 e. The Labute approximate surface area is 185 Å². The molecule has 0 unspecified atom stereocenters. The molecule has 32 heavy (non-hydrogen) atoms. The minimum atomic E-state index is -3.35. The number of carbonyl (C=O) groups is 2. The van der Waals surface area contributed by atoms with Crippen molar-refractivity contribution in [3.8, 4) is 0 Å². The van der Waals surface area contributed by atoms with Gasteiger partial charge in [-0.3, -0.25) is 9.59 Å². The number of amides is 1. The number of nitrogens with one attached hydrogen (secondary N) is 1. The van der Waals surface area contributed by atoms with Crippen molar-refractivity contribution in [1.29, 1.82) is 0 Å². The molecule has 1 saturated heterocycles. The number of carbonyl (C=O) groups excluding carboxylic acids is 2. The zero-order valence-electron chi connectivity index (χ0n) is 17.4. The molecule has 0 radical (unpaired) electrons. The molecule has 1 atom stereocenters. The Hall–Kier alpha value is -3.18. The van der Waals surface area contributed by atoms with Crippen LogP contribution in [0.1, 0.15) is 42.2 Å². The van der Waals surface area contributed by atoms with Crippen LogP contribution in [0.4, 0.5) is 5.82 Å². The Morgan fingerprint density at radius 3 is 2.44 bits per heavy atom. The van der Waals surface area contributed by atoms with Crippen molar-refractivity contribution in [2.75, 3.05) is 18.5 Å². The summed E-state index contributed by atoms with van der Waals surface area (Å²) in [5.41, 5.74) is 0.503. The Bertz CT molecular complexity index is 1140. The maximum atomic E-state index is 12.9. The first kappa shape index (κ1) is 22.0. The van der Waals surface area contributed by atoms with E-state index in [2.05, 4.69) is 20.4 Å². The molecule has 0 bridgehead atoms. The number of oxime groups is 1. The van der Waals surface area contributed by atoms with Crippen LogP contribution < -0.4 is 5.32 Å². The molecular formula is C21H22N4O6S. The highest BCUT2D eigenvalue weighted by Gasteiger charge is 2.36. The first-order valence-electron chi connectivity index (χ1n) is 10.1. The third-order valence-electron chi connectivity index (χ3n) is 5.07. The van der Waals surface area contributed by atoms with Crippen LogP contribution >= 0.6 is 0 Å². The fraction of sp³-hybridized carbons (Fsp3) is 0.381. The van der Waals surface area contributed by atoms with Gasteiger partial charge in [0.2, 0.25) is 0 Å². The van der Waals surface area contributed by atoms with Crippen LogP contribution in [0, 0.1) is 0 Å². The maximum absolute atomic E-state index is 12.9. The summed E-state index contributed by atoms with van der Waals surface area (Å²) in [5, 5.41) is 6.27. The number of hydrogen-bond acceptors (Lipinski definition) is 9. The lowest BCUT2D eigenvalue weighted by atomic mass is 10.1. The Morgan fingerprint density at radius 2 is 1.88 bits per heavy atom. The van der Waals surface area contributed by atoms with Gasteiger partial charge < -0.3 is 14.9 Å². The van der Waals surface area contributed by atoms with Gasteiger partial charge in [0.25, 0.3) is 5.91 Å². The first-order chi connectivity index (χ1) is 15.3. The van der Waals surface area contributed by atoms with Crippen molar-refractivity contribution in [1.82, 2.24) is 9.97 Å². The van der Waals surface area contributed by atoms with Crippen LogP contribution in [0.25, 0.3) is 0 Å². The van der Waals surface area contributed by atoms with Crippen LogP contribution in [0.15, 0.2) is 46.7 Å². The highest BCUT2D eigenvalue weighted by Crippen LogP contribution is 2.33. The van der Waals surface area contributed by atoms with Crippen molar-refractivity contribution in [2.45, 2.75) is 42.4 Å². The van der Waals surface area contributed by atoms with Gasteiger partial charge in [-0.1, -0.05) is 17.3 Å². The average Bonchev–Trinajstić information content (AvgIpc) is 3.52. The van der Waals surface area contributed by atoms with Crippen molar-refractivity contribution >= 4 is 33.1 Å². The predicted octanol–water partition coefficient (Wildman–Crippen LogP) is 1.76. The predicted molar refractivity (Wildman–Crippen MR) is 114 cm³/mol. The zero-order valence-corrected chi connectivity index (χ0v) is 18.2. The summed E-state index contributed by atoms with van der Waals surface area (Å²) in [4.78, 5) is 37.9. The SMILES string of the molecule is CC(=O)c1cnc(NC(=O)/C(=N/O[C@@H]2CCOC2)c2ccc(S(=O)(=O)C3CC3)cc2)cn1. The van der Waals surface area contributed by atoms with Crippen molar-refractivity contribution in [2.24, 2.45) is 5.16 Å². The molecule has 2 fully saturated rings. The third-order valence-corrected chi connectivity index (χ3v) is 7.35. The van der Waals surface area contributed by atoms with E-state index >= 15 is 0 Å². The molecule has 1 aliphatic heterocycles. The van der Waals surface area contributed by atoms with Gasteiger partial charge in [0, 0.05) is 18.9 Å². The Morgan fingerprint density at radius 1 is 1.12 bits per heavy atom. The minimum absolute atomic E-state index is 0.0512. The number of aromatic nitrogens is 2. The van der Waals surface area contributed by atoms with Gasteiger partial charge in [-0.25, -0.2) is 18.4 Å². The van der Waals surface area contributed by atoms with E-state index in [0.717, 1.165) is 0 Å². The number of Topliss-reactive ketones (excluding diaryl/α,β-unsaturated/α-hetero) is 1. The normalized spacial score (nSPS) is 18.9. The number of ketones is 1. The van der Waals surface area contributed by atoms with E-state index in [1.165, 1.54) is 43.6 Å². The Kier molecular flexibility index (Phi) is 6.28. The monoisotopic (exact) mass is 458 g/mol. The molecule has 1 N–H and O–H groups in total. The van der Waals surface area contributed by atoms with Crippen molar-refractivity contribution in [3.05, 3.63) is 47.9 Å². The molecule has 2 aliphatic rings. The second kappa shape index (κ2) is 9.13. The Balaban J connectivity index is 1.57. The molecule has 1 aliphatic carbocycles. The van der Waals surface area contributed by atoms with Gasteiger partial charge in [-0.2, -0.15) is 0 Å². The van der Waals surface area contributed by atoms with E-state index in [4.69, 9.17) is 9.57 Å². The quantitative estimate of drug-likeness (QED) is 0.359. The van der Waals surface area contributed by atoms with Gasteiger partial charge in [0.15, 0.2) is 33.3 Å². The lowest BCUT2D eigenvalue weighted by Crippen LogP contribution is -2.26. The van der Waals surface area contributed by atoms with Gasteiger partial charge in [0.05, 0.1) is 35.8 Å². The highest BCUT2D eigenvalue weighted by atomic mass is 32.2. The molecule has 1 saturated carbocycles. The summed E-state index contributed by atoms with van der Waals surface area (Å²) >= 11 is 0. The van der Waals surface area contributed by atoms with Gasteiger partial charge in [-0.15, -0.1) is 0 Å². The summed E-state index contributed by atoms with van der Waals surface area (Å²) in [6, 6.07) is 5.97. The molecule has 1 aromatic carbocycles. The molecule has 2 heterocycles. The second-order valence-corrected chi connectivity index (χ2v) is 9.82. The number of sulfone groups is 1. The van der Waals surface area contributed by atoms with Crippen LogP contribution in [-0.2, 0) is 24.2 Å². The summed E-state index contributed by atoms with van der Waals surface area (Å²) in [6.07, 6.45) is 4.23. The summed E-state index contributed by atoms with van der Waals surface area (Å²) < 4.78 is 30.1. The highest BCUT2D eigenvalue weighted by molar-refractivity contribution is 7.92. The molecule has 4 rings (SSSR count). The molecule has 168 valence electrons. The standard InChI is InChI=1S/C21H22N4O6S/c1-13(26)18-10-23-19(11-22-18)24-21(27)20(25-31-15-8-9-30-12-15)14-2-4-16(5-3-14)32(28,29)17-6-7-17/h2-5,10-11,15,17H,6-9,12H2,1H3,(H,23,24,27)/b25-20+/t15-/m1/s1.